The minimum atomic E-state index is -0.308. The van der Waals surface area contributed by atoms with E-state index in [2.05, 4.69) is 6.07 Å². The zero-order valence-electron chi connectivity index (χ0n) is 11.6. The Kier molecular flexibility index (Phi) is 5.56. The zero-order chi connectivity index (χ0) is 14.4. The van der Waals surface area contributed by atoms with E-state index in [1.807, 2.05) is 24.4 Å². The van der Waals surface area contributed by atoms with Gasteiger partial charge in [-0.05, 0) is 42.0 Å². The summed E-state index contributed by atoms with van der Waals surface area (Å²) in [5.41, 5.74) is 6.79. The van der Waals surface area contributed by atoms with E-state index in [1.54, 1.807) is 17.4 Å². The zero-order valence-corrected chi connectivity index (χ0v) is 12.5. The number of ether oxygens (including phenoxy) is 1. The van der Waals surface area contributed by atoms with E-state index in [9.17, 15) is 4.39 Å². The molecule has 108 valence electrons. The van der Waals surface area contributed by atoms with Crippen molar-refractivity contribution in [1.82, 2.24) is 0 Å². The summed E-state index contributed by atoms with van der Waals surface area (Å²) >= 11 is 1.69. The minimum Gasteiger partial charge on any atom is -0.490 e. The smallest absolute Gasteiger partial charge is 0.165 e. The van der Waals surface area contributed by atoms with E-state index in [0.29, 0.717) is 18.8 Å². The molecule has 0 fully saturated rings. The van der Waals surface area contributed by atoms with Crippen LogP contribution in [-0.2, 0) is 12.8 Å². The molecule has 0 aliphatic rings. The number of benzene rings is 1. The number of hydrogen-bond donors (Lipinski definition) is 1. The Morgan fingerprint density at radius 2 is 2.20 bits per heavy atom. The number of thiophene rings is 1. The molecule has 1 aromatic carbocycles. The van der Waals surface area contributed by atoms with Gasteiger partial charge in [0.1, 0.15) is 0 Å². The molecule has 2 nitrogen and oxygen atoms in total. The fraction of sp³-hybridized carbons (Fsp3) is 0.375. The molecule has 1 unspecified atom stereocenters. The van der Waals surface area contributed by atoms with Gasteiger partial charge in [-0.15, -0.1) is 11.3 Å². The van der Waals surface area contributed by atoms with Crippen molar-refractivity contribution >= 4 is 11.3 Å². The van der Waals surface area contributed by atoms with Gasteiger partial charge in [0.2, 0.25) is 0 Å². The first-order valence-corrected chi connectivity index (χ1v) is 7.76. The van der Waals surface area contributed by atoms with Crippen molar-refractivity contribution in [3.63, 3.8) is 0 Å². The molecule has 0 saturated heterocycles. The summed E-state index contributed by atoms with van der Waals surface area (Å²) in [6.07, 6.45) is 2.39. The molecule has 0 aliphatic heterocycles. The second-order valence-electron chi connectivity index (χ2n) is 4.82. The van der Waals surface area contributed by atoms with Gasteiger partial charge in [0, 0.05) is 17.3 Å². The molecule has 1 aromatic heterocycles. The molecule has 0 bridgehead atoms. The van der Waals surface area contributed by atoms with Gasteiger partial charge in [-0.1, -0.05) is 19.1 Å². The Morgan fingerprint density at radius 3 is 2.85 bits per heavy atom. The van der Waals surface area contributed by atoms with Crippen molar-refractivity contribution in [1.29, 1.82) is 0 Å². The van der Waals surface area contributed by atoms with Crippen LogP contribution in [0.1, 0.15) is 23.8 Å². The number of halogens is 1. The fourth-order valence-corrected chi connectivity index (χ4v) is 2.64. The molecule has 4 heteroatoms. The average molecular weight is 293 g/mol. The third-order valence-electron chi connectivity index (χ3n) is 3.20. The van der Waals surface area contributed by atoms with Crippen LogP contribution < -0.4 is 10.5 Å². The Bertz CT molecular complexity index is 527. The molecule has 2 N–H and O–H groups in total. The quantitative estimate of drug-likeness (QED) is 0.843. The Labute approximate surface area is 123 Å². The third kappa shape index (κ3) is 4.32. The van der Waals surface area contributed by atoms with Crippen LogP contribution in [0.2, 0.25) is 0 Å². The minimum absolute atomic E-state index is 0.0833. The maximum atomic E-state index is 13.9. The summed E-state index contributed by atoms with van der Waals surface area (Å²) < 4.78 is 19.4. The highest BCUT2D eigenvalue weighted by Crippen LogP contribution is 2.20. The Morgan fingerprint density at radius 1 is 1.35 bits per heavy atom. The maximum absolute atomic E-state index is 13.9. The SMILES string of the molecule is CCC(N)Cc1ccc(OCCc2cccs2)c(F)c1. The molecule has 0 saturated carbocycles. The van der Waals surface area contributed by atoms with Crippen molar-refractivity contribution in [2.24, 2.45) is 5.73 Å². The van der Waals surface area contributed by atoms with Crippen LogP contribution >= 0.6 is 11.3 Å². The lowest BCUT2D eigenvalue weighted by Crippen LogP contribution is -2.21. The van der Waals surface area contributed by atoms with E-state index in [4.69, 9.17) is 10.5 Å². The first kappa shape index (κ1) is 15.0. The molecular formula is C16H20FNOS. The van der Waals surface area contributed by atoms with E-state index in [1.165, 1.54) is 10.9 Å². The first-order valence-electron chi connectivity index (χ1n) is 6.88. The molecular weight excluding hydrogens is 273 g/mol. The molecule has 0 radical (unpaired) electrons. The summed E-state index contributed by atoms with van der Waals surface area (Å²) in [7, 11) is 0. The predicted octanol–water partition coefficient (Wildman–Crippen LogP) is 3.79. The molecule has 1 atom stereocenters. The van der Waals surface area contributed by atoms with Gasteiger partial charge in [0.15, 0.2) is 11.6 Å². The summed E-state index contributed by atoms with van der Waals surface area (Å²) in [6, 6.07) is 9.25. The Hall–Kier alpha value is -1.39. The standard InChI is InChI=1S/C16H20FNOS/c1-2-13(18)10-12-5-6-16(15(17)11-12)19-8-7-14-4-3-9-20-14/h3-6,9,11,13H,2,7-8,10,18H2,1H3. The number of rotatable bonds is 7. The third-order valence-corrected chi connectivity index (χ3v) is 4.14. The van der Waals surface area contributed by atoms with Crippen LogP contribution in [0.25, 0.3) is 0 Å². The van der Waals surface area contributed by atoms with Crippen molar-refractivity contribution < 1.29 is 9.13 Å². The Balaban J connectivity index is 1.88. The van der Waals surface area contributed by atoms with E-state index in [0.717, 1.165) is 18.4 Å². The summed E-state index contributed by atoms with van der Waals surface area (Å²) in [5.74, 6) is 0.00681. The molecule has 0 amide bonds. The van der Waals surface area contributed by atoms with Crippen molar-refractivity contribution in [2.75, 3.05) is 6.61 Å². The van der Waals surface area contributed by atoms with E-state index in [-0.39, 0.29) is 11.9 Å². The lowest BCUT2D eigenvalue weighted by atomic mass is 10.0. The largest absolute Gasteiger partial charge is 0.490 e. The lowest BCUT2D eigenvalue weighted by Gasteiger charge is -2.11. The lowest BCUT2D eigenvalue weighted by molar-refractivity contribution is 0.306. The maximum Gasteiger partial charge on any atom is 0.165 e. The second kappa shape index (κ2) is 7.41. The highest BCUT2D eigenvalue weighted by atomic mass is 32.1. The van der Waals surface area contributed by atoms with Crippen LogP contribution in [0.3, 0.4) is 0 Å². The normalized spacial score (nSPS) is 12.3. The summed E-state index contributed by atoms with van der Waals surface area (Å²) in [5, 5.41) is 2.03. The van der Waals surface area contributed by atoms with Crippen LogP contribution in [-0.4, -0.2) is 12.6 Å². The van der Waals surface area contributed by atoms with Gasteiger partial charge in [-0.2, -0.15) is 0 Å². The number of nitrogens with two attached hydrogens (primary N) is 1. The predicted molar refractivity (Wildman–Crippen MR) is 81.9 cm³/mol. The van der Waals surface area contributed by atoms with E-state index >= 15 is 0 Å². The summed E-state index contributed by atoms with van der Waals surface area (Å²) in [6.45, 7) is 2.52. The monoisotopic (exact) mass is 293 g/mol. The highest BCUT2D eigenvalue weighted by molar-refractivity contribution is 7.09. The van der Waals surface area contributed by atoms with Gasteiger partial charge in [-0.25, -0.2) is 4.39 Å². The van der Waals surface area contributed by atoms with Crippen molar-refractivity contribution in [3.05, 3.63) is 52.0 Å². The summed E-state index contributed by atoms with van der Waals surface area (Å²) in [4.78, 5) is 1.25. The first-order chi connectivity index (χ1) is 9.69. The molecule has 0 aliphatic carbocycles. The van der Waals surface area contributed by atoms with Crippen molar-refractivity contribution in [3.8, 4) is 5.75 Å². The molecule has 0 spiro atoms. The molecule has 2 rings (SSSR count). The molecule has 2 aromatic rings. The number of hydrogen-bond acceptors (Lipinski definition) is 3. The van der Waals surface area contributed by atoms with Gasteiger partial charge in [-0.3, -0.25) is 0 Å². The second-order valence-corrected chi connectivity index (χ2v) is 5.85. The van der Waals surface area contributed by atoms with Crippen LogP contribution in [0.4, 0.5) is 4.39 Å². The molecule has 20 heavy (non-hydrogen) atoms. The average Bonchev–Trinajstić information content (AvgIpc) is 2.94. The fourth-order valence-electron chi connectivity index (χ4n) is 1.95. The van der Waals surface area contributed by atoms with Gasteiger partial charge >= 0.3 is 0 Å². The van der Waals surface area contributed by atoms with E-state index < -0.39 is 0 Å². The topological polar surface area (TPSA) is 35.2 Å². The van der Waals surface area contributed by atoms with Gasteiger partial charge < -0.3 is 10.5 Å². The molecule has 1 heterocycles. The van der Waals surface area contributed by atoms with Crippen LogP contribution in [0, 0.1) is 5.82 Å². The van der Waals surface area contributed by atoms with Gasteiger partial charge in [0.05, 0.1) is 6.61 Å². The van der Waals surface area contributed by atoms with Crippen molar-refractivity contribution in [2.45, 2.75) is 32.2 Å². The van der Waals surface area contributed by atoms with Gasteiger partial charge in [0.25, 0.3) is 0 Å². The van der Waals surface area contributed by atoms with Crippen LogP contribution in [0.15, 0.2) is 35.7 Å². The highest BCUT2D eigenvalue weighted by Gasteiger charge is 2.07. The van der Waals surface area contributed by atoms with Crippen LogP contribution in [0.5, 0.6) is 5.75 Å².